The predicted octanol–water partition coefficient (Wildman–Crippen LogP) is 1.86. The molecule has 0 saturated carbocycles. The Morgan fingerprint density at radius 3 is 2.32 bits per heavy atom. The highest BCUT2D eigenvalue weighted by atomic mass is 32.2. The maximum absolute atomic E-state index is 12.2. The highest BCUT2D eigenvalue weighted by Gasteiger charge is 2.20. The smallest absolute Gasteiger partial charge is 0.313 e. The zero-order chi connectivity index (χ0) is 20.9. The normalized spacial score (nSPS) is 12.1. The van der Waals surface area contributed by atoms with Gasteiger partial charge in [0.2, 0.25) is 10.0 Å². The van der Waals surface area contributed by atoms with E-state index in [1.54, 1.807) is 6.92 Å². The Labute approximate surface area is 164 Å². The molecule has 9 heteroatoms. The van der Waals surface area contributed by atoms with Gasteiger partial charge in [-0.2, -0.15) is 0 Å². The van der Waals surface area contributed by atoms with Crippen LogP contribution in [-0.4, -0.2) is 26.8 Å². The maximum Gasteiger partial charge on any atom is 0.313 e. The van der Waals surface area contributed by atoms with Crippen LogP contribution in [0.4, 0.5) is 5.69 Å². The molecule has 0 aliphatic heterocycles. The highest BCUT2D eigenvalue weighted by Crippen LogP contribution is 2.26. The van der Waals surface area contributed by atoms with E-state index in [0.29, 0.717) is 12.4 Å². The van der Waals surface area contributed by atoms with Crippen molar-refractivity contribution < 1.29 is 22.7 Å². The Hall–Kier alpha value is -2.91. The molecule has 0 spiro atoms. The Balaban J connectivity index is 2.06. The van der Waals surface area contributed by atoms with Crippen molar-refractivity contribution in [3.05, 3.63) is 53.6 Å². The van der Waals surface area contributed by atoms with Crippen molar-refractivity contribution in [3.8, 4) is 5.75 Å². The molecule has 0 saturated heterocycles. The summed E-state index contributed by atoms with van der Waals surface area (Å²) in [5, 5.41) is 10.1. The molecule has 1 unspecified atom stereocenters. The molecule has 0 radical (unpaired) electrons. The minimum atomic E-state index is -3.83. The van der Waals surface area contributed by atoms with Crippen molar-refractivity contribution in [3.63, 3.8) is 0 Å². The number of carbonyl (C=O) groups is 2. The largest absolute Gasteiger partial charge is 0.494 e. The zero-order valence-corrected chi connectivity index (χ0v) is 16.7. The fraction of sp³-hybridized carbons (Fsp3) is 0.263. The standard InChI is InChI=1S/C19H23N3O5S/c1-4-27-17-10-5-12(2)11-16(17)13(3)21-18(23)19(24)22-14-6-8-15(9-7-14)28(20,25)26/h5-11,13H,4H2,1-3H3,(H,21,23)(H,22,24)(H2,20,25,26). The number of nitrogens with one attached hydrogen (secondary N) is 2. The lowest BCUT2D eigenvalue weighted by molar-refractivity contribution is -0.136. The van der Waals surface area contributed by atoms with Gasteiger partial charge in [-0.25, -0.2) is 13.6 Å². The van der Waals surface area contributed by atoms with E-state index in [1.165, 1.54) is 24.3 Å². The third kappa shape index (κ3) is 5.54. The first-order valence-corrected chi connectivity index (χ1v) is 10.1. The van der Waals surface area contributed by atoms with Crippen LogP contribution in [0.3, 0.4) is 0 Å². The molecule has 1 atom stereocenters. The number of primary sulfonamides is 1. The van der Waals surface area contributed by atoms with Crippen molar-refractivity contribution in [2.24, 2.45) is 5.14 Å². The van der Waals surface area contributed by atoms with E-state index in [1.807, 2.05) is 32.0 Å². The van der Waals surface area contributed by atoms with Gasteiger partial charge in [0, 0.05) is 11.3 Å². The molecule has 8 nitrogen and oxygen atoms in total. The molecule has 0 aliphatic rings. The molecular weight excluding hydrogens is 382 g/mol. The molecule has 2 rings (SSSR count). The van der Waals surface area contributed by atoms with E-state index in [0.717, 1.165) is 11.1 Å². The van der Waals surface area contributed by atoms with Gasteiger partial charge in [0.25, 0.3) is 0 Å². The van der Waals surface area contributed by atoms with E-state index < -0.39 is 27.9 Å². The van der Waals surface area contributed by atoms with Gasteiger partial charge in [0.1, 0.15) is 5.75 Å². The number of amides is 2. The van der Waals surface area contributed by atoms with Crippen molar-refractivity contribution >= 4 is 27.5 Å². The summed E-state index contributed by atoms with van der Waals surface area (Å²) in [6, 6.07) is 10.3. The molecule has 0 aliphatic carbocycles. The second-order valence-corrected chi connectivity index (χ2v) is 7.75. The van der Waals surface area contributed by atoms with E-state index in [9.17, 15) is 18.0 Å². The Bertz CT molecular complexity index is 972. The molecule has 0 fully saturated rings. The molecule has 150 valence electrons. The predicted molar refractivity (Wildman–Crippen MR) is 105 cm³/mol. The van der Waals surface area contributed by atoms with E-state index in [2.05, 4.69) is 10.6 Å². The van der Waals surface area contributed by atoms with Gasteiger partial charge < -0.3 is 15.4 Å². The van der Waals surface area contributed by atoms with Crippen molar-refractivity contribution in [1.82, 2.24) is 5.32 Å². The van der Waals surface area contributed by atoms with Crippen LogP contribution in [0.2, 0.25) is 0 Å². The summed E-state index contributed by atoms with van der Waals surface area (Å²) < 4.78 is 28.1. The summed E-state index contributed by atoms with van der Waals surface area (Å²) in [5.41, 5.74) is 2.03. The summed E-state index contributed by atoms with van der Waals surface area (Å²) in [6.45, 7) is 6.02. The molecule has 0 bridgehead atoms. The van der Waals surface area contributed by atoms with E-state index in [-0.39, 0.29) is 10.6 Å². The minimum absolute atomic E-state index is 0.0912. The fourth-order valence-corrected chi connectivity index (χ4v) is 3.06. The van der Waals surface area contributed by atoms with Crippen LogP contribution in [-0.2, 0) is 19.6 Å². The quantitative estimate of drug-likeness (QED) is 0.632. The molecule has 28 heavy (non-hydrogen) atoms. The third-order valence-electron chi connectivity index (χ3n) is 3.93. The minimum Gasteiger partial charge on any atom is -0.494 e. The molecule has 2 aromatic carbocycles. The van der Waals surface area contributed by atoms with Gasteiger partial charge in [-0.1, -0.05) is 17.7 Å². The van der Waals surface area contributed by atoms with Crippen molar-refractivity contribution in [1.29, 1.82) is 0 Å². The Morgan fingerprint density at radius 1 is 1.11 bits per heavy atom. The number of aryl methyl sites for hydroxylation is 1. The first kappa shape index (κ1) is 21.4. The highest BCUT2D eigenvalue weighted by molar-refractivity contribution is 7.89. The average molecular weight is 405 g/mol. The van der Waals surface area contributed by atoms with Gasteiger partial charge in [-0.15, -0.1) is 0 Å². The van der Waals surface area contributed by atoms with Crippen LogP contribution < -0.4 is 20.5 Å². The number of anilines is 1. The zero-order valence-electron chi connectivity index (χ0n) is 15.9. The number of rotatable bonds is 6. The molecular formula is C19H23N3O5S. The number of benzene rings is 2. The van der Waals surface area contributed by atoms with Crippen LogP contribution in [0, 0.1) is 6.92 Å². The molecule has 2 aromatic rings. The van der Waals surface area contributed by atoms with Crippen LogP contribution in [0.15, 0.2) is 47.4 Å². The summed E-state index contributed by atoms with van der Waals surface area (Å²) >= 11 is 0. The van der Waals surface area contributed by atoms with Crippen LogP contribution in [0.25, 0.3) is 0 Å². The maximum atomic E-state index is 12.2. The number of ether oxygens (including phenoxy) is 1. The second-order valence-electron chi connectivity index (χ2n) is 6.19. The monoisotopic (exact) mass is 405 g/mol. The number of nitrogens with two attached hydrogens (primary N) is 1. The van der Waals surface area contributed by atoms with Gasteiger partial charge in [-0.3, -0.25) is 9.59 Å². The average Bonchev–Trinajstić information content (AvgIpc) is 2.63. The third-order valence-corrected chi connectivity index (χ3v) is 4.86. The number of hydrogen-bond acceptors (Lipinski definition) is 5. The summed E-state index contributed by atoms with van der Waals surface area (Å²) in [7, 11) is -3.83. The van der Waals surface area contributed by atoms with Crippen LogP contribution in [0.5, 0.6) is 5.75 Å². The number of sulfonamides is 1. The fourth-order valence-electron chi connectivity index (χ4n) is 2.55. The lowest BCUT2D eigenvalue weighted by atomic mass is 10.0. The molecule has 0 heterocycles. The Morgan fingerprint density at radius 2 is 1.75 bits per heavy atom. The molecule has 0 aromatic heterocycles. The second kappa shape index (κ2) is 8.85. The van der Waals surface area contributed by atoms with Crippen LogP contribution in [0.1, 0.15) is 31.0 Å². The first-order chi connectivity index (χ1) is 13.1. The van der Waals surface area contributed by atoms with Gasteiger partial charge in [0.15, 0.2) is 0 Å². The van der Waals surface area contributed by atoms with Crippen LogP contribution >= 0.6 is 0 Å². The van der Waals surface area contributed by atoms with Crippen molar-refractivity contribution in [2.45, 2.75) is 31.7 Å². The number of hydrogen-bond donors (Lipinski definition) is 3. The molecule has 4 N–H and O–H groups in total. The SMILES string of the molecule is CCOc1ccc(C)cc1C(C)NC(=O)C(=O)Nc1ccc(S(N)(=O)=O)cc1. The topological polar surface area (TPSA) is 128 Å². The van der Waals surface area contributed by atoms with E-state index >= 15 is 0 Å². The lowest BCUT2D eigenvalue weighted by Gasteiger charge is -2.18. The van der Waals surface area contributed by atoms with E-state index in [4.69, 9.17) is 9.88 Å². The molecule has 2 amide bonds. The number of carbonyl (C=O) groups excluding carboxylic acids is 2. The first-order valence-electron chi connectivity index (χ1n) is 8.60. The summed E-state index contributed by atoms with van der Waals surface area (Å²) in [4.78, 5) is 24.3. The lowest BCUT2D eigenvalue weighted by Crippen LogP contribution is -2.37. The van der Waals surface area contributed by atoms with Gasteiger partial charge in [-0.05, 0) is 51.1 Å². The van der Waals surface area contributed by atoms with Gasteiger partial charge in [0.05, 0.1) is 17.5 Å². The summed E-state index contributed by atoms with van der Waals surface area (Å²) in [5.74, 6) is -1.06. The summed E-state index contributed by atoms with van der Waals surface area (Å²) in [6.07, 6.45) is 0. The Kier molecular flexibility index (Phi) is 6.76. The van der Waals surface area contributed by atoms with Crippen molar-refractivity contribution in [2.75, 3.05) is 11.9 Å². The van der Waals surface area contributed by atoms with Gasteiger partial charge >= 0.3 is 11.8 Å².